The molecule has 0 aromatic heterocycles. The zero-order chi connectivity index (χ0) is 9.90. The van der Waals surface area contributed by atoms with E-state index in [-0.39, 0.29) is 0 Å². The molecule has 1 aromatic rings. The maximum atomic E-state index is 2.41. The molecule has 0 radical (unpaired) electrons. The van der Waals surface area contributed by atoms with E-state index in [9.17, 15) is 0 Å². The topological polar surface area (TPSA) is 0 Å². The smallest absolute Gasteiger partial charge is 0.0779 e. The van der Waals surface area contributed by atoms with Crippen molar-refractivity contribution in [3.8, 4) is 0 Å². The molecule has 0 bridgehead atoms. The molecule has 0 amide bonds. The van der Waals surface area contributed by atoms with E-state index < -0.39 is 8.07 Å². The highest BCUT2D eigenvalue weighted by Crippen LogP contribution is 2.11. The lowest BCUT2D eigenvalue weighted by atomic mass is 10.2. The van der Waals surface area contributed by atoms with Crippen molar-refractivity contribution in [2.75, 3.05) is 6.26 Å². The number of benzene rings is 1. The van der Waals surface area contributed by atoms with Crippen LogP contribution < -0.4 is 5.19 Å². The summed E-state index contributed by atoms with van der Waals surface area (Å²) in [5.74, 6) is 1.15. The second-order valence-corrected chi connectivity index (χ2v) is 10.2. The molecule has 0 aliphatic heterocycles. The molecule has 13 heavy (non-hydrogen) atoms. The van der Waals surface area contributed by atoms with Crippen molar-refractivity contribution in [3.63, 3.8) is 0 Å². The van der Waals surface area contributed by atoms with Crippen LogP contribution >= 0.6 is 11.8 Å². The second kappa shape index (κ2) is 4.34. The van der Waals surface area contributed by atoms with E-state index >= 15 is 0 Å². The lowest BCUT2D eigenvalue weighted by Crippen LogP contribution is -2.39. The van der Waals surface area contributed by atoms with Crippen molar-refractivity contribution in [3.05, 3.63) is 29.8 Å². The van der Waals surface area contributed by atoms with E-state index in [1.165, 1.54) is 5.56 Å². The molecule has 0 aliphatic carbocycles. The third-order valence-electron chi connectivity index (χ3n) is 2.13. The van der Waals surface area contributed by atoms with Crippen molar-refractivity contribution in [1.82, 2.24) is 0 Å². The zero-order valence-corrected chi connectivity index (χ0v) is 10.7. The number of hydrogen-bond donors (Lipinski definition) is 0. The van der Waals surface area contributed by atoms with Crippen LogP contribution in [-0.4, -0.2) is 14.3 Å². The fourth-order valence-corrected chi connectivity index (χ4v) is 3.96. The first kappa shape index (κ1) is 10.9. The van der Waals surface area contributed by atoms with Crippen molar-refractivity contribution in [2.45, 2.75) is 25.4 Å². The van der Waals surface area contributed by atoms with Gasteiger partial charge in [-0.3, -0.25) is 0 Å². The summed E-state index contributed by atoms with van der Waals surface area (Å²) in [5, 5.41) is 1.62. The first-order valence-corrected chi connectivity index (χ1v) is 9.52. The van der Waals surface area contributed by atoms with Crippen molar-refractivity contribution < 1.29 is 0 Å². The summed E-state index contributed by atoms with van der Waals surface area (Å²) >= 11 is 1.91. The standard InChI is InChI=1S/C11H18SSi/c1-12-9-10-7-5-6-8-11(10)13(2,3)4/h5-8H,9H2,1-4H3. The first-order chi connectivity index (χ1) is 6.05. The molecular formula is C11H18SSi. The molecule has 0 spiro atoms. The van der Waals surface area contributed by atoms with Gasteiger partial charge in [-0.25, -0.2) is 0 Å². The van der Waals surface area contributed by atoms with Gasteiger partial charge in [0, 0.05) is 5.75 Å². The molecule has 0 atom stereocenters. The lowest BCUT2D eigenvalue weighted by molar-refractivity contribution is 1.44. The van der Waals surface area contributed by atoms with Crippen LogP contribution in [0.25, 0.3) is 0 Å². The van der Waals surface area contributed by atoms with Crippen molar-refractivity contribution >= 4 is 25.0 Å². The van der Waals surface area contributed by atoms with Crippen LogP contribution in [0.5, 0.6) is 0 Å². The Morgan fingerprint density at radius 3 is 2.31 bits per heavy atom. The Kier molecular flexibility index (Phi) is 3.62. The largest absolute Gasteiger partial charge is 0.161 e. The van der Waals surface area contributed by atoms with E-state index in [2.05, 4.69) is 50.2 Å². The third-order valence-corrected chi connectivity index (χ3v) is 4.83. The van der Waals surface area contributed by atoms with Crippen molar-refractivity contribution in [1.29, 1.82) is 0 Å². The number of rotatable bonds is 3. The van der Waals surface area contributed by atoms with E-state index in [0.29, 0.717) is 0 Å². The molecule has 0 saturated carbocycles. The Labute approximate surface area is 86.8 Å². The zero-order valence-electron chi connectivity index (χ0n) is 8.92. The van der Waals surface area contributed by atoms with Gasteiger partial charge in [0.1, 0.15) is 0 Å². The molecule has 0 fully saturated rings. The van der Waals surface area contributed by atoms with Gasteiger partial charge in [-0.15, -0.1) is 0 Å². The van der Waals surface area contributed by atoms with Gasteiger partial charge in [0.05, 0.1) is 8.07 Å². The lowest BCUT2D eigenvalue weighted by Gasteiger charge is -2.20. The van der Waals surface area contributed by atoms with E-state index in [0.717, 1.165) is 5.75 Å². The summed E-state index contributed by atoms with van der Waals surface area (Å²) in [6, 6.07) is 8.88. The summed E-state index contributed by atoms with van der Waals surface area (Å²) in [4.78, 5) is 0. The minimum absolute atomic E-state index is 1.13. The fourth-order valence-electron chi connectivity index (χ4n) is 1.53. The Morgan fingerprint density at radius 2 is 1.77 bits per heavy atom. The highest BCUT2D eigenvalue weighted by Gasteiger charge is 2.18. The maximum absolute atomic E-state index is 2.41. The Bertz CT molecular complexity index is 276. The van der Waals surface area contributed by atoms with Crippen molar-refractivity contribution in [2.24, 2.45) is 0 Å². The molecular weight excluding hydrogens is 192 g/mol. The maximum Gasteiger partial charge on any atom is 0.0779 e. The van der Waals surface area contributed by atoms with Crippen LogP contribution in [0.15, 0.2) is 24.3 Å². The van der Waals surface area contributed by atoms with Crippen LogP contribution in [0, 0.1) is 0 Å². The van der Waals surface area contributed by atoms with E-state index in [1.807, 2.05) is 11.8 Å². The molecule has 0 nitrogen and oxygen atoms in total. The van der Waals surface area contributed by atoms with Gasteiger partial charge < -0.3 is 0 Å². The van der Waals surface area contributed by atoms with Crippen LogP contribution in [0.3, 0.4) is 0 Å². The monoisotopic (exact) mass is 210 g/mol. The van der Waals surface area contributed by atoms with Gasteiger partial charge in [0.2, 0.25) is 0 Å². The van der Waals surface area contributed by atoms with Crippen LogP contribution in [0.2, 0.25) is 19.6 Å². The molecule has 0 N–H and O–H groups in total. The van der Waals surface area contributed by atoms with Crippen LogP contribution in [-0.2, 0) is 5.75 Å². The predicted octanol–water partition coefficient (Wildman–Crippen LogP) is 3.09. The van der Waals surface area contributed by atoms with Gasteiger partial charge in [-0.05, 0) is 11.8 Å². The highest BCUT2D eigenvalue weighted by atomic mass is 32.2. The molecule has 0 heterocycles. The Balaban J connectivity index is 3.05. The average Bonchev–Trinajstić information content (AvgIpc) is 2.04. The molecule has 1 rings (SSSR count). The fraction of sp³-hybridized carbons (Fsp3) is 0.455. The van der Waals surface area contributed by atoms with Gasteiger partial charge in [0.25, 0.3) is 0 Å². The molecule has 72 valence electrons. The number of thioether (sulfide) groups is 1. The normalized spacial score (nSPS) is 11.7. The highest BCUT2D eigenvalue weighted by molar-refractivity contribution is 7.97. The van der Waals surface area contributed by atoms with Gasteiger partial charge in [-0.2, -0.15) is 11.8 Å². The SMILES string of the molecule is CSCc1ccccc1[Si](C)(C)C. The second-order valence-electron chi connectivity index (χ2n) is 4.34. The van der Waals surface area contributed by atoms with Gasteiger partial charge in [-0.1, -0.05) is 49.1 Å². The number of hydrogen-bond acceptors (Lipinski definition) is 1. The minimum atomic E-state index is -1.13. The molecule has 2 heteroatoms. The third kappa shape index (κ3) is 2.88. The summed E-state index contributed by atoms with van der Waals surface area (Å²) in [6.45, 7) is 7.23. The van der Waals surface area contributed by atoms with E-state index in [1.54, 1.807) is 5.19 Å². The quantitative estimate of drug-likeness (QED) is 0.691. The molecule has 1 aromatic carbocycles. The Hall–Kier alpha value is -0.213. The minimum Gasteiger partial charge on any atom is -0.161 e. The van der Waals surface area contributed by atoms with Gasteiger partial charge in [0.15, 0.2) is 0 Å². The van der Waals surface area contributed by atoms with Gasteiger partial charge >= 0.3 is 0 Å². The summed E-state index contributed by atoms with van der Waals surface area (Å²) in [7, 11) is -1.13. The molecule has 0 aliphatic rings. The summed E-state index contributed by atoms with van der Waals surface area (Å²) < 4.78 is 0. The first-order valence-electron chi connectivity index (χ1n) is 4.63. The Morgan fingerprint density at radius 1 is 1.15 bits per heavy atom. The molecule has 0 saturated heterocycles. The average molecular weight is 210 g/mol. The van der Waals surface area contributed by atoms with Crippen LogP contribution in [0.1, 0.15) is 5.56 Å². The summed E-state index contributed by atoms with van der Waals surface area (Å²) in [6.07, 6.45) is 2.17. The molecule has 0 unspecified atom stereocenters. The summed E-state index contributed by atoms with van der Waals surface area (Å²) in [5.41, 5.74) is 1.54. The predicted molar refractivity (Wildman–Crippen MR) is 66.6 cm³/mol. The van der Waals surface area contributed by atoms with Crippen LogP contribution in [0.4, 0.5) is 0 Å². The van der Waals surface area contributed by atoms with E-state index in [4.69, 9.17) is 0 Å².